The summed E-state index contributed by atoms with van der Waals surface area (Å²) < 4.78 is 28.9. The number of likely N-dealkylation sites (tertiary alicyclic amines) is 1. The van der Waals surface area contributed by atoms with Crippen LogP contribution in [0.4, 0.5) is 0 Å². The Bertz CT molecular complexity index is 332. The molecule has 16 heavy (non-hydrogen) atoms. The summed E-state index contributed by atoms with van der Waals surface area (Å²) in [6, 6.07) is 0. The average molecular weight is 249 g/mol. The fourth-order valence-electron chi connectivity index (χ4n) is 2.09. The maximum Gasteiger partial charge on any atom is 0.277 e. The van der Waals surface area contributed by atoms with E-state index >= 15 is 0 Å². The first-order chi connectivity index (χ1) is 7.45. The highest BCUT2D eigenvalue weighted by Crippen LogP contribution is 2.20. The monoisotopic (exact) mass is 249 g/mol. The van der Waals surface area contributed by atoms with Crippen LogP contribution in [0.1, 0.15) is 12.8 Å². The first-order valence-corrected chi connectivity index (χ1v) is 7.07. The van der Waals surface area contributed by atoms with Gasteiger partial charge < -0.3 is 9.64 Å². The van der Waals surface area contributed by atoms with Crippen molar-refractivity contribution in [2.75, 3.05) is 33.2 Å². The quantitative estimate of drug-likeness (QED) is 0.695. The zero-order valence-electron chi connectivity index (χ0n) is 9.50. The molecule has 0 unspecified atom stereocenters. The van der Waals surface area contributed by atoms with Crippen LogP contribution >= 0.6 is 0 Å². The van der Waals surface area contributed by atoms with E-state index in [0.717, 1.165) is 25.9 Å². The van der Waals surface area contributed by atoms with Crippen molar-refractivity contribution in [3.8, 4) is 0 Å². The maximum atomic E-state index is 10.9. The zero-order valence-corrected chi connectivity index (χ0v) is 10.3. The van der Waals surface area contributed by atoms with Crippen LogP contribution in [0.2, 0.25) is 0 Å². The predicted molar refractivity (Wildman–Crippen MR) is 60.1 cm³/mol. The molecule has 2 fully saturated rings. The second-order valence-corrected chi connectivity index (χ2v) is 6.17. The Morgan fingerprint density at radius 2 is 1.75 bits per heavy atom. The van der Waals surface area contributed by atoms with Crippen molar-refractivity contribution in [3.63, 3.8) is 0 Å². The molecular formula is C9H19N3O3S. The van der Waals surface area contributed by atoms with Crippen LogP contribution in [0.3, 0.4) is 0 Å². The number of nitrogens with two attached hydrogens (primary N) is 1. The molecule has 7 heteroatoms. The summed E-state index contributed by atoms with van der Waals surface area (Å²) in [5.74, 6) is 0. The van der Waals surface area contributed by atoms with E-state index in [4.69, 9.17) is 9.88 Å². The van der Waals surface area contributed by atoms with Gasteiger partial charge in [-0.15, -0.1) is 0 Å². The summed E-state index contributed by atoms with van der Waals surface area (Å²) in [5, 5.41) is 4.99. The third-order valence-electron chi connectivity index (χ3n) is 3.22. The molecule has 2 N–H and O–H groups in total. The van der Waals surface area contributed by atoms with Gasteiger partial charge in [0.1, 0.15) is 0 Å². The Labute approximate surface area is 96.5 Å². The van der Waals surface area contributed by atoms with E-state index in [1.807, 2.05) is 0 Å². The lowest BCUT2D eigenvalue weighted by Crippen LogP contribution is -2.57. The Balaban J connectivity index is 1.70. The molecule has 2 rings (SSSR count). The first kappa shape index (κ1) is 12.3. The number of ether oxygens (including phenoxy) is 1. The molecular weight excluding hydrogens is 230 g/mol. The molecule has 2 aliphatic heterocycles. The maximum absolute atomic E-state index is 10.9. The number of hydrogen-bond donors (Lipinski definition) is 1. The SMILES string of the molecule is CN1CCC(OC2CN(S(N)(=O)=O)C2)CC1. The fourth-order valence-corrected chi connectivity index (χ4v) is 2.84. The van der Waals surface area contributed by atoms with Gasteiger partial charge >= 0.3 is 0 Å². The minimum absolute atomic E-state index is 0.0340. The molecule has 0 atom stereocenters. The van der Waals surface area contributed by atoms with Crippen LogP contribution in [0.15, 0.2) is 0 Å². The smallest absolute Gasteiger partial charge is 0.277 e. The van der Waals surface area contributed by atoms with Crippen LogP contribution in [-0.4, -0.2) is 63.1 Å². The Hall–Kier alpha value is -0.210. The molecule has 2 heterocycles. The molecule has 2 saturated heterocycles. The van der Waals surface area contributed by atoms with E-state index in [0.29, 0.717) is 13.1 Å². The molecule has 0 saturated carbocycles. The number of piperidine rings is 1. The van der Waals surface area contributed by atoms with Crippen LogP contribution in [0.5, 0.6) is 0 Å². The first-order valence-electron chi connectivity index (χ1n) is 5.57. The van der Waals surface area contributed by atoms with E-state index in [1.165, 1.54) is 4.31 Å². The largest absolute Gasteiger partial charge is 0.372 e. The molecule has 0 radical (unpaired) electrons. The summed E-state index contributed by atoms with van der Waals surface area (Å²) in [5.41, 5.74) is 0. The molecule has 0 spiro atoms. The van der Waals surface area contributed by atoms with Gasteiger partial charge in [0, 0.05) is 26.2 Å². The van der Waals surface area contributed by atoms with Gasteiger partial charge in [-0.3, -0.25) is 0 Å². The lowest BCUT2D eigenvalue weighted by molar-refractivity contribution is -0.0836. The standard InChI is InChI=1S/C9H19N3O3S/c1-11-4-2-8(3-5-11)15-9-6-12(7-9)16(10,13)14/h8-9H,2-7H2,1H3,(H2,10,13,14). The van der Waals surface area contributed by atoms with E-state index in [2.05, 4.69) is 11.9 Å². The van der Waals surface area contributed by atoms with E-state index < -0.39 is 10.2 Å². The zero-order chi connectivity index (χ0) is 11.8. The fraction of sp³-hybridized carbons (Fsp3) is 1.00. The van der Waals surface area contributed by atoms with Crippen LogP contribution in [0.25, 0.3) is 0 Å². The van der Waals surface area contributed by atoms with E-state index in [-0.39, 0.29) is 12.2 Å². The predicted octanol–water partition coefficient (Wildman–Crippen LogP) is -1.02. The molecule has 0 aliphatic carbocycles. The summed E-state index contributed by atoms with van der Waals surface area (Å²) >= 11 is 0. The second kappa shape index (κ2) is 4.58. The van der Waals surface area contributed by atoms with Crippen molar-refractivity contribution >= 4 is 10.2 Å². The van der Waals surface area contributed by atoms with Gasteiger partial charge in [-0.1, -0.05) is 0 Å². The average Bonchev–Trinajstić information content (AvgIpc) is 2.11. The van der Waals surface area contributed by atoms with Crippen LogP contribution in [-0.2, 0) is 14.9 Å². The summed E-state index contributed by atoms with van der Waals surface area (Å²) in [6.45, 7) is 2.92. The summed E-state index contributed by atoms with van der Waals surface area (Å²) in [7, 11) is -1.40. The molecule has 0 aromatic rings. The van der Waals surface area contributed by atoms with Gasteiger partial charge in [-0.2, -0.15) is 12.7 Å². The Morgan fingerprint density at radius 1 is 1.19 bits per heavy atom. The van der Waals surface area contributed by atoms with Crippen molar-refractivity contribution in [3.05, 3.63) is 0 Å². The van der Waals surface area contributed by atoms with Gasteiger partial charge in [0.15, 0.2) is 0 Å². The van der Waals surface area contributed by atoms with Crippen molar-refractivity contribution < 1.29 is 13.2 Å². The number of hydrogen-bond acceptors (Lipinski definition) is 4. The summed E-state index contributed by atoms with van der Waals surface area (Å²) in [4.78, 5) is 2.28. The lowest BCUT2D eigenvalue weighted by Gasteiger charge is -2.40. The van der Waals surface area contributed by atoms with Gasteiger partial charge in [0.2, 0.25) is 0 Å². The van der Waals surface area contributed by atoms with Gasteiger partial charge in [0.05, 0.1) is 12.2 Å². The lowest BCUT2D eigenvalue weighted by atomic mass is 10.1. The molecule has 6 nitrogen and oxygen atoms in total. The second-order valence-electron chi connectivity index (χ2n) is 4.62. The molecule has 94 valence electrons. The highest BCUT2D eigenvalue weighted by atomic mass is 32.2. The molecule has 0 bridgehead atoms. The van der Waals surface area contributed by atoms with Crippen molar-refractivity contribution in [2.45, 2.75) is 25.0 Å². The number of nitrogens with zero attached hydrogens (tertiary/aromatic N) is 2. The minimum atomic E-state index is -3.50. The Morgan fingerprint density at radius 3 is 2.25 bits per heavy atom. The van der Waals surface area contributed by atoms with E-state index in [9.17, 15) is 8.42 Å². The third-order valence-corrected chi connectivity index (χ3v) is 4.24. The highest BCUT2D eigenvalue weighted by molar-refractivity contribution is 7.86. The van der Waals surface area contributed by atoms with Crippen molar-refractivity contribution in [2.24, 2.45) is 5.14 Å². The third kappa shape index (κ3) is 2.92. The van der Waals surface area contributed by atoms with Gasteiger partial charge in [-0.05, 0) is 19.9 Å². The Kier molecular flexibility index (Phi) is 3.50. The normalized spacial score (nSPS) is 26.9. The van der Waals surface area contributed by atoms with Crippen LogP contribution in [0, 0.1) is 0 Å². The van der Waals surface area contributed by atoms with Crippen molar-refractivity contribution in [1.82, 2.24) is 9.21 Å². The molecule has 0 aromatic heterocycles. The van der Waals surface area contributed by atoms with Gasteiger partial charge in [-0.25, -0.2) is 5.14 Å². The van der Waals surface area contributed by atoms with Crippen LogP contribution < -0.4 is 5.14 Å². The van der Waals surface area contributed by atoms with Gasteiger partial charge in [0.25, 0.3) is 10.2 Å². The number of rotatable bonds is 3. The molecule has 2 aliphatic rings. The highest BCUT2D eigenvalue weighted by Gasteiger charge is 2.36. The summed E-state index contributed by atoms with van der Waals surface area (Å²) in [6.07, 6.45) is 2.38. The van der Waals surface area contributed by atoms with E-state index in [1.54, 1.807) is 0 Å². The molecule has 0 amide bonds. The topological polar surface area (TPSA) is 75.9 Å². The molecule has 0 aromatic carbocycles. The minimum Gasteiger partial charge on any atom is -0.372 e. The van der Waals surface area contributed by atoms with Crippen molar-refractivity contribution in [1.29, 1.82) is 0 Å².